The molecule has 10 heavy (non-hydrogen) atoms. The zero-order valence-corrected chi connectivity index (χ0v) is 7.39. The molecule has 0 spiro atoms. The van der Waals surface area contributed by atoms with E-state index in [2.05, 4.69) is 20.8 Å². The van der Waals surface area contributed by atoms with E-state index in [1.807, 2.05) is 6.92 Å². The molecule has 1 unspecified atom stereocenters. The van der Waals surface area contributed by atoms with Gasteiger partial charge in [-0.05, 0) is 32.6 Å². The summed E-state index contributed by atoms with van der Waals surface area (Å²) in [6.45, 7) is 11.1. The van der Waals surface area contributed by atoms with Crippen LogP contribution >= 0.6 is 0 Å². The highest BCUT2D eigenvalue weighted by atomic mass is 16.5. The van der Waals surface area contributed by atoms with Crippen LogP contribution in [0, 0.1) is 12.8 Å². The van der Waals surface area contributed by atoms with Crippen molar-refractivity contribution >= 4 is 0 Å². The molecule has 1 nitrogen and oxygen atoms in total. The summed E-state index contributed by atoms with van der Waals surface area (Å²) in [6, 6.07) is 0. The lowest BCUT2D eigenvalue weighted by molar-refractivity contribution is 0.0843. The molecular formula is C9H19O. The normalized spacial score (nSPS) is 14.1. The fourth-order valence-electron chi connectivity index (χ4n) is 0.838. The lowest BCUT2D eigenvalue weighted by atomic mass is 10.1. The molecule has 0 N–H and O–H groups in total. The van der Waals surface area contributed by atoms with Crippen LogP contribution in [0.15, 0.2) is 0 Å². The maximum absolute atomic E-state index is 5.28. The molecule has 0 aliphatic heterocycles. The fraction of sp³-hybridized carbons (Fsp3) is 0.889. The van der Waals surface area contributed by atoms with Crippen LogP contribution in [0.5, 0.6) is 0 Å². The summed E-state index contributed by atoms with van der Waals surface area (Å²) in [5.41, 5.74) is 0. The van der Waals surface area contributed by atoms with Crippen molar-refractivity contribution in [2.45, 2.75) is 39.7 Å². The molecule has 0 rings (SSSR count). The lowest BCUT2D eigenvalue weighted by Crippen LogP contribution is -2.08. The molecule has 61 valence electrons. The Labute approximate surface area is 64.8 Å². The fourth-order valence-corrected chi connectivity index (χ4v) is 0.838. The monoisotopic (exact) mass is 143 g/mol. The van der Waals surface area contributed by atoms with Crippen molar-refractivity contribution in [3.05, 3.63) is 6.92 Å². The van der Waals surface area contributed by atoms with Gasteiger partial charge in [-0.2, -0.15) is 0 Å². The first-order chi connectivity index (χ1) is 4.66. The predicted octanol–water partition coefficient (Wildman–Crippen LogP) is 2.66. The van der Waals surface area contributed by atoms with Crippen LogP contribution in [0.3, 0.4) is 0 Å². The molecule has 0 aromatic carbocycles. The van der Waals surface area contributed by atoms with Gasteiger partial charge in [0.2, 0.25) is 0 Å². The first-order valence-electron chi connectivity index (χ1n) is 4.11. The van der Waals surface area contributed by atoms with Gasteiger partial charge in [-0.15, -0.1) is 0 Å². The van der Waals surface area contributed by atoms with Crippen molar-refractivity contribution in [3.63, 3.8) is 0 Å². The van der Waals surface area contributed by atoms with E-state index in [4.69, 9.17) is 4.74 Å². The SMILES string of the molecule is [CH2]C(CCC(C)C)OCC. The molecule has 0 aliphatic carbocycles. The molecule has 1 radical (unpaired) electrons. The largest absolute Gasteiger partial charge is 0.379 e. The van der Waals surface area contributed by atoms with E-state index < -0.39 is 0 Å². The molecule has 0 saturated carbocycles. The standard InChI is InChI=1S/C9H19O/c1-5-10-9(4)7-6-8(2)3/h8-9H,4-7H2,1-3H3. The summed E-state index contributed by atoms with van der Waals surface area (Å²) >= 11 is 0. The minimum atomic E-state index is 0.201. The van der Waals surface area contributed by atoms with E-state index in [0.29, 0.717) is 0 Å². The maximum atomic E-state index is 5.28. The smallest absolute Gasteiger partial charge is 0.0576 e. The molecule has 1 heteroatoms. The first kappa shape index (κ1) is 9.96. The van der Waals surface area contributed by atoms with E-state index >= 15 is 0 Å². The maximum Gasteiger partial charge on any atom is 0.0576 e. The Hall–Kier alpha value is -0.0400. The first-order valence-corrected chi connectivity index (χ1v) is 4.11. The quantitative estimate of drug-likeness (QED) is 0.575. The van der Waals surface area contributed by atoms with Gasteiger partial charge in [0.1, 0.15) is 0 Å². The summed E-state index contributed by atoms with van der Waals surface area (Å²) in [5, 5.41) is 0. The molecule has 0 saturated heterocycles. The predicted molar refractivity (Wildman–Crippen MR) is 44.8 cm³/mol. The minimum absolute atomic E-state index is 0.201. The summed E-state index contributed by atoms with van der Waals surface area (Å²) in [6.07, 6.45) is 2.51. The number of hydrogen-bond acceptors (Lipinski definition) is 1. The Morgan fingerprint density at radius 2 is 1.90 bits per heavy atom. The van der Waals surface area contributed by atoms with E-state index in [9.17, 15) is 0 Å². The number of ether oxygens (including phenoxy) is 1. The topological polar surface area (TPSA) is 9.23 Å². The second-order valence-electron chi connectivity index (χ2n) is 3.05. The van der Waals surface area contributed by atoms with Crippen molar-refractivity contribution in [2.75, 3.05) is 6.61 Å². The summed E-state index contributed by atoms with van der Waals surface area (Å²) < 4.78 is 5.28. The van der Waals surface area contributed by atoms with Crippen LogP contribution in [0.1, 0.15) is 33.6 Å². The van der Waals surface area contributed by atoms with Crippen molar-refractivity contribution < 1.29 is 4.74 Å². The highest BCUT2D eigenvalue weighted by Crippen LogP contribution is 2.08. The van der Waals surface area contributed by atoms with E-state index in [1.165, 1.54) is 6.42 Å². The van der Waals surface area contributed by atoms with Gasteiger partial charge >= 0.3 is 0 Å². The van der Waals surface area contributed by atoms with Crippen molar-refractivity contribution in [1.29, 1.82) is 0 Å². The Bertz CT molecular complexity index is 69.1. The van der Waals surface area contributed by atoms with Gasteiger partial charge < -0.3 is 4.74 Å². The van der Waals surface area contributed by atoms with Crippen LogP contribution in [0.4, 0.5) is 0 Å². The average molecular weight is 143 g/mol. The van der Waals surface area contributed by atoms with Gasteiger partial charge in [0.15, 0.2) is 0 Å². The van der Waals surface area contributed by atoms with Gasteiger partial charge in [-0.3, -0.25) is 0 Å². The van der Waals surface area contributed by atoms with Gasteiger partial charge in [-0.25, -0.2) is 0 Å². The molecular weight excluding hydrogens is 124 g/mol. The van der Waals surface area contributed by atoms with Gasteiger partial charge in [0, 0.05) is 6.61 Å². The van der Waals surface area contributed by atoms with Crippen LogP contribution in [-0.4, -0.2) is 12.7 Å². The zero-order chi connectivity index (χ0) is 7.98. The van der Waals surface area contributed by atoms with E-state index in [1.54, 1.807) is 0 Å². The third kappa shape index (κ3) is 6.09. The third-order valence-corrected chi connectivity index (χ3v) is 1.47. The zero-order valence-electron chi connectivity index (χ0n) is 7.39. The van der Waals surface area contributed by atoms with Gasteiger partial charge in [-0.1, -0.05) is 13.8 Å². The third-order valence-electron chi connectivity index (χ3n) is 1.47. The highest BCUT2D eigenvalue weighted by Gasteiger charge is 2.01. The lowest BCUT2D eigenvalue weighted by Gasteiger charge is -2.11. The molecule has 1 atom stereocenters. The van der Waals surface area contributed by atoms with Crippen LogP contribution in [0.2, 0.25) is 0 Å². The Kier molecular flexibility index (Phi) is 5.70. The molecule has 0 aromatic rings. The van der Waals surface area contributed by atoms with E-state index in [-0.39, 0.29) is 6.10 Å². The number of rotatable bonds is 5. The molecule has 0 fully saturated rings. The Morgan fingerprint density at radius 3 is 2.30 bits per heavy atom. The summed E-state index contributed by atoms with van der Waals surface area (Å²) in [4.78, 5) is 0. The van der Waals surface area contributed by atoms with Crippen LogP contribution in [0.25, 0.3) is 0 Å². The van der Waals surface area contributed by atoms with Crippen LogP contribution in [-0.2, 0) is 4.74 Å². The average Bonchev–Trinajstić information content (AvgIpc) is 1.85. The summed E-state index contributed by atoms with van der Waals surface area (Å²) in [5.74, 6) is 0.768. The molecule has 0 heterocycles. The Balaban J connectivity index is 3.12. The van der Waals surface area contributed by atoms with Crippen molar-refractivity contribution in [2.24, 2.45) is 5.92 Å². The van der Waals surface area contributed by atoms with E-state index in [0.717, 1.165) is 18.9 Å². The summed E-state index contributed by atoms with van der Waals surface area (Å²) in [7, 11) is 0. The van der Waals surface area contributed by atoms with Crippen LogP contribution < -0.4 is 0 Å². The molecule has 0 amide bonds. The highest BCUT2D eigenvalue weighted by molar-refractivity contribution is 4.60. The van der Waals surface area contributed by atoms with Gasteiger partial charge in [0.05, 0.1) is 6.10 Å². The van der Waals surface area contributed by atoms with Crippen molar-refractivity contribution in [3.8, 4) is 0 Å². The second kappa shape index (κ2) is 5.72. The molecule has 0 aliphatic rings. The second-order valence-corrected chi connectivity index (χ2v) is 3.05. The van der Waals surface area contributed by atoms with Crippen molar-refractivity contribution in [1.82, 2.24) is 0 Å². The molecule has 0 bridgehead atoms. The molecule has 0 aromatic heterocycles. The number of hydrogen-bond donors (Lipinski definition) is 0. The van der Waals surface area contributed by atoms with Gasteiger partial charge in [0.25, 0.3) is 0 Å². The Morgan fingerprint density at radius 1 is 1.30 bits per heavy atom. The minimum Gasteiger partial charge on any atom is -0.379 e.